The minimum Gasteiger partial charge on any atom is -0.344 e. The first-order valence-electron chi connectivity index (χ1n) is 10.4. The fourth-order valence-corrected chi connectivity index (χ4v) is 5.26. The van der Waals surface area contributed by atoms with E-state index in [1.165, 1.54) is 28.0 Å². The molecule has 1 N–H and O–H groups in total. The molecular formula is C23H28N2O2S. The van der Waals surface area contributed by atoms with Crippen molar-refractivity contribution >= 4 is 23.2 Å². The average Bonchev–Trinajstić information content (AvgIpc) is 3.35. The highest BCUT2D eigenvalue weighted by Crippen LogP contribution is 2.25. The molecule has 5 heteroatoms. The Morgan fingerprint density at radius 2 is 2.00 bits per heavy atom. The number of benzene rings is 1. The van der Waals surface area contributed by atoms with E-state index < -0.39 is 6.04 Å². The van der Waals surface area contributed by atoms with Gasteiger partial charge >= 0.3 is 0 Å². The molecule has 0 saturated carbocycles. The predicted molar refractivity (Wildman–Crippen MR) is 112 cm³/mol. The van der Waals surface area contributed by atoms with E-state index in [0.29, 0.717) is 19.4 Å². The maximum absolute atomic E-state index is 13.1. The number of fused-ring (bicyclic) bond motifs is 2. The van der Waals surface area contributed by atoms with Gasteiger partial charge in [0.15, 0.2) is 0 Å². The van der Waals surface area contributed by atoms with Crippen molar-refractivity contribution in [3.8, 4) is 0 Å². The molecule has 2 amide bonds. The van der Waals surface area contributed by atoms with Gasteiger partial charge in [0.2, 0.25) is 11.8 Å². The van der Waals surface area contributed by atoms with Crippen LogP contribution in [0.2, 0.25) is 0 Å². The van der Waals surface area contributed by atoms with Gasteiger partial charge in [-0.05, 0) is 65.8 Å². The molecule has 1 aromatic heterocycles. The van der Waals surface area contributed by atoms with Crippen LogP contribution < -0.4 is 5.32 Å². The molecule has 1 unspecified atom stereocenters. The van der Waals surface area contributed by atoms with Crippen LogP contribution in [0.15, 0.2) is 29.6 Å². The Kier molecular flexibility index (Phi) is 5.81. The molecule has 1 aromatic carbocycles. The second-order valence-corrected chi connectivity index (χ2v) is 8.92. The lowest BCUT2D eigenvalue weighted by atomic mass is 10.0. The third kappa shape index (κ3) is 4.14. The fraction of sp³-hybridized carbons (Fsp3) is 0.478. The molecule has 0 spiro atoms. The van der Waals surface area contributed by atoms with Crippen LogP contribution in [0.5, 0.6) is 0 Å². The van der Waals surface area contributed by atoms with Crippen molar-refractivity contribution in [2.24, 2.45) is 0 Å². The lowest BCUT2D eigenvalue weighted by molar-refractivity contribution is -0.137. The summed E-state index contributed by atoms with van der Waals surface area (Å²) in [6.45, 7) is 3.46. The standard InChI is InChI=1S/C23H28N2O2S/c1-2-4-20(23(27)25-11-9-21-19(15-25)10-12-28-21)24-22(26)14-16-7-8-17-5-3-6-18(17)13-16/h7-8,10,12-13,20H,2-6,9,11,14-15H2,1H3,(H,24,26). The molecule has 2 aliphatic rings. The van der Waals surface area contributed by atoms with Crippen molar-refractivity contribution in [1.82, 2.24) is 10.2 Å². The molecule has 2 heterocycles. The monoisotopic (exact) mass is 396 g/mol. The summed E-state index contributed by atoms with van der Waals surface area (Å²) in [4.78, 5) is 29.0. The Bertz CT molecular complexity index is 873. The molecule has 1 aliphatic carbocycles. The number of thiophene rings is 1. The van der Waals surface area contributed by atoms with Crippen LogP contribution in [0.1, 0.15) is 53.3 Å². The van der Waals surface area contributed by atoms with E-state index in [1.807, 2.05) is 4.90 Å². The van der Waals surface area contributed by atoms with E-state index >= 15 is 0 Å². The van der Waals surface area contributed by atoms with Crippen molar-refractivity contribution in [2.45, 2.75) is 64.5 Å². The highest BCUT2D eigenvalue weighted by atomic mass is 32.1. The highest BCUT2D eigenvalue weighted by molar-refractivity contribution is 7.10. The van der Waals surface area contributed by atoms with Crippen LogP contribution in [-0.4, -0.2) is 29.3 Å². The summed E-state index contributed by atoms with van der Waals surface area (Å²) in [6, 6.07) is 8.07. The van der Waals surface area contributed by atoms with Crippen molar-refractivity contribution < 1.29 is 9.59 Å². The first kappa shape index (κ1) is 19.2. The first-order chi connectivity index (χ1) is 13.6. The summed E-state index contributed by atoms with van der Waals surface area (Å²) in [5.41, 5.74) is 5.10. The first-order valence-corrected chi connectivity index (χ1v) is 11.3. The predicted octanol–water partition coefficient (Wildman–Crippen LogP) is 3.65. The zero-order chi connectivity index (χ0) is 19.5. The number of carbonyl (C=O) groups is 2. The third-order valence-electron chi connectivity index (χ3n) is 5.86. The zero-order valence-electron chi connectivity index (χ0n) is 16.5. The lowest BCUT2D eigenvalue weighted by Gasteiger charge is -2.31. The van der Waals surface area contributed by atoms with Gasteiger partial charge in [-0.25, -0.2) is 0 Å². The minimum atomic E-state index is -0.424. The Morgan fingerprint density at radius 1 is 1.14 bits per heavy atom. The van der Waals surface area contributed by atoms with Gasteiger partial charge in [0.05, 0.1) is 6.42 Å². The summed E-state index contributed by atoms with van der Waals surface area (Å²) in [5.74, 6) is -0.000943. The molecule has 4 rings (SSSR count). The lowest BCUT2D eigenvalue weighted by Crippen LogP contribution is -2.50. The molecule has 0 fully saturated rings. The summed E-state index contributed by atoms with van der Waals surface area (Å²) in [5, 5.41) is 5.12. The second-order valence-electron chi connectivity index (χ2n) is 7.92. The molecule has 1 atom stereocenters. The maximum atomic E-state index is 13.1. The van der Waals surface area contributed by atoms with Gasteiger partial charge in [-0.2, -0.15) is 0 Å². The summed E-state index contributed by atoms with van der Waals surface area (Å²) in [6.07, 6.45) is 6.28. The number of nitrogens with zero attached hydrogens (tertiary/aromatic N) is 1. The smallest absolute Gasteiger partial charge is 0.245 e. The van der Waals surface area contributed by atoms with Gasteiger partial charge in [-0.15, -0.1) is 11.3 Å². The maximum Gasteiger partial charge on any atom is 0.245 e. The Hall–Kier alpha value is -2.14. The molecule has 0 saturated heterocycles. The van der Waals surface area contributed by atoms with Crippen LogP contribution in [0.3, 0.4) is 0 Å². The van der Waals surface area contributed by atoms with E-state index in [9.17, 15) is 9.59 Å². The van der Waals surface area contributed by atoms with Crippen molar-refractivity contribution in [1.29, 1.82) is 0 Å². The molecule has 148 valence electrons. The van der Waals surface area contributed by atoms with Gasteiger partial charge < -0.3 is 10.2 Å². The molecule has 0 bridgehead atoms. The molecule has 4 nitrogen and oxygen atoms in total. The number of rotatable bonds is 6. The van der Waals surface area contributed by atoms with E-state index in [-0.39, 0.29) is 11.8 Å². The van der Waals surface area contributed by atoms with Crippen LogP contribution in [0.4, 0.5) is 0 Å². The van der Waals surface area contributed by atoms with Gasteiger partial charge in [-0.1, -0.05) is 31.5 Å². The minimum absolute atomic E-state index is 0.0565. The molecular weight excluding hydrogens is 368 g/mol. The summed E-state index contributed by atoms with van der Waals surface area (Å²) < 4.78 is 0. The molecule has 28 heavy (non-hydrogen) atoms. The van der Waals surface area contributed by atoms with Crippen LogP contribution in [0, 0.1) is 0 Å². The Morgan fingerprint density at radius 3 is 2.86 bits per heavy atom. The number of amides is 2. The van der Waals surface area contributed by atoms with Crippen LogP contribution in [-0.2, 0) is 41.8 Å². The average molecular weight is 397 g/mol. The van der Waals surface area contributed by atoms with Gasteiger partial charge in [-0.3, -0.25) is 9.59 Å². The number of nitrogens with one attached hydrogen (secondary N) is 1. The van der Waals surface area contributed by atoms with Gasteiger partial charge in [0.25, 0.3) is 0 Å². The van der Waals surface area contributed by atoms with Crippen molar-refractivity contribution in [3.63, 3.8) is 0 Å². The largest absolute Gasteiger partial charge is 0.344 e. The SMILES string of the molecule is CCCC(NC(=O)Cc1ccc2c(c1)CCC2)C(=O)N1CCc2sccc2C1. The number of hydrogen-bond donors (Lipinski definition) is 1. The van der Waals surface area contributed by atoms with E-state index in [0.717, 1.165) is 37.8 Å². The van der Waals surface area contributed by atoms with Crippen molar-refractivity contribution in [3.05, 3.63) is 56.8 Å². The van der Waals surface area contributed by atoms with Crippen LogP contribution >= 0.6 is 11.3 Å². The van der Waals surface area contributed by atoms with E-state index in [1.54, 1.807) is 11.3 Å². The summed E-state index contributed by atoms with van der Waals surface area (Å²) >= 11 is 1.77. The van der Waals surface area contributed by atoms with Crippen molar-refractivity contribution in [2.75, 3.05) is 6.54 Å². The second kappa shape index (κ2) is 8.48. The van der Waals surface area contributed by atoms with E-state index in [4.69, 9.17) is 0 Å². The number of hydrogen-bond acceptors (Lipinski definition) is 3. The zero-order valence-corrected chi connectivity index (χ0v) is 17.3. The molecule has 2 aromatic rings. The number of carbonyl (C=O) groups excluding carboxylic acids is 2. The fourth-order valence-electron chi connectivity index (χ4n) is 4.37. The van der Waals surface area contributed by atoms with Gasteiger partial charge in [0, 0.05) is 18.0 Å². The third-order valence-corrected chi connectivity index (χ3v) is 6.88. The Balaban J connectivity index is 1.39. The molecule has 0 radical (unpaired) electrons. The molecule has 1 aliphatic heterocycles. The topological polar surface area (TPSA) is 49.4 Å². The quantitative estimate of drug-likeness (QED) is 0.810. The normalized spacial score (nSPS) is 16.4. The van der Waals surface area contributed by atoms with E-state index in [2.05, 4.69) is 41.9 Å². The summed E-state index contributed by atoms with van der Waals surface area (Å²) in [7, 11) is 0. The Labute approximate surface area is 170 Å². The highest BCUT2D eigenvalue weighted by Gasteiger charge is 2.28. The van der Waals surface area contributed by atoms with Gasteiger partial charge in [0.1, 0.15) is 6.04 Å². The van der Waals surface area contributed by atoms with Crippen LogP contribution in [0.25, 0.3) is 0 Å². The number of aryl methyl sites for hydroxylation is 2.